The predicted octanol–water partition coefficient (Wildman–Crippen LogP) is 2.08. The molecule has 3 amide bonds. The van der Waals surface area contributed by atoms with Crippen molar-refractivity contribution in [1.82, 2.24) is 10.6 Å². The number of hydrogen-bond acceptors (Lipinski definition) is 3. The molecule has 0 bridgehead atoms. The van der Waals surface area contributed by atoms with Gasteiger partial charge in [0.2, 0.25) is 11.8 Å². The van der Waals surface area contributed by atoms with Gasteiger partial charge in [0, 0.05) is 37.7 Å². The zero-order valence-electron chi connectivity index (χ0n) is 14.0. The third-order valence-corrected chi connectivity index (χ3v) is 3.44. The number of carbonyl (C=O) groups is 3. The van der Waals surface area contributed by atoms with E-state index in [1.165, 1.54) is 6.92 Å². The van der Waals surface area contributed by atoms with Crippen LogP contribution in [0.4, 0.5) is 5.69 Å². The Morgan fingerprint density at radius 2 is 1.56 bits per heavy atom. The molecule has 0 spiro atoms. The fraction of sp³-hybridized carbons (Fsp3) is 0.211. The number of anilines is 1. The predicted molar refractivity (Wildman–Crippen MR) is 96.0 cm³/mol. The van der Waals surface area contributed by atoms with Crippen molar-refractivity contribution in [1.29, 1.82) is 0 Å². The van der Waals surface area contributed by atoms with E-state index in [1.54, 1.807) is 36.4 Å². The van der Waals surface area contributed by atoms with Gasteiger partial charge in [0.05, 0.1) is 0 Å². The Kier molecular flexibility index (Phi) is 6.71. The van der Waals surface area contributed by atoms with Gasteiger partial charge in [0.1, 0.15) is 0 Å². The Labute approximate surface area is 146 Å². The normalized spacial score (nSPS) is 9.96. The largest absolute Gasteiger partial charge is 0.352 e. The maximum atomic E-state index is 11.8. The second-order valence-electron chi connectivity index (χ2n) is 5.53. The summed E-state index contributed by atoms with van der Waals surface area (Å²) in [6, 6.07) is 16.1. The summed E-state index contributed by atoms with van der Waals surface area (Å²) in [7, 11) is 0. The van der Waals surface area contributed by atoms with Gasteiger partial charge in [0.15, 0.2) is 0 Å². The van der Waals surface area contributed by atoms with Crippen molar-refractivity contribution in [3.8, 4) is 0 Å². The first-order valence-electron chi connectivity index (χ1n) is 8.01. The van der Waals surface area contributed by atoms with Gasteiger partial charge in [-0.15, -0.1) is 0 Å². The first-order chi connectivity index (χ1) is 12.0. The van der Waals surface area contributed by atoms with E-state index in [1.807, 2.05) is 18.2 Å². The average molecular weight is 339 g/mol. The minimum atomic E-state index is -0.193. The number of hydrogen-bond donors (Lipinski definition) is 3. The van der Waals surface area contributed by atoms with E-state index >= 15 is 0 Å². The Bertz CT molecular complexity index is 727. The van der Waals surface area contributed by atoms with E-state index in [2.05, 4.69) is 16.0 Å². The van der Waals surface area contributed by atoms with Gasteiger partial charge < -0.3 is 16.0 Å². The molecule has 3 N–H and O–H groups in total. The molecule has 0 aliphatic rings. The van der Waals surface area contributed by atoms with Gasteiger partial charge in [-0.2, -0.15) is 0 Å². The van der Waals surface area contributed by atoms with Crippen molar-refractivity contribution in [3.05, 3.63) is 65.7 Å². The molecule has 0 aliphatic heterocycles. The molecule has 2 aromatic rings. The Hall–Kier alpha value is -3.15. The summed E-state index contributed by atoms with van der Waals surface area (Å²) in [4.78, 5) is 34.6. The van der Waals surface area contributed by atoms with Gasteiger partial charge >= 0.3 is 0 Å². The first-order valence-corrected chi connectivity index (χ1v) is 8.01. The van der Waals surface area contributed by atoms with Crippen LogP contribution < -0.4 is 16.0 Å². The highest BCUT2D eigenvalue weighted by atomic mass is 16.2. The van der Waals surface area contributed by atoms with Crippen molar-refractivity contribution in [3.63, 3.8) is 0 Å². The van der Waals surface area contributed by atoms with Crippen molar-refractivity contribution >= 4 is 23.4 Å². The summed E-state index contributed by atoms with van der Waals surface area (Å²) in [6.07, 6.45) is 0.211. The van der Waals surface area contributed by atoms with Crippen molar-refractivity contribution in [2.45, 2.75) is 19.9 Å². The molecular weight excluding hydrogens is 318 g/mol. The lowest BCUT2D eigenvalue weighted by atomic mass is 10.2. The standard InChI is InChI=1S/C19H21N3O3/c1-14(23)22-17-9-7-15(8-10-17)13-21-18(24)11-12-20-19(25)16-5-3-2-4-6-16/h2-10H,11-13H2,1H3,(H,20,25)(H,21,24)(H,22,23). The fourth-order valence-electron chi connectivity index (χ4n) is 2.18. The highest BCUT2D eigenvalue weighted by Gasteiger charge is 2.06. The fourth-order valence-corrected chi connectivity index (χ4v) is 2.18. The molecule has 0 radical (unpaired) electrons. The van der Waals surface area contributed by atoms with E-state index < -0.39 is 0 Å². The topological polar surface area (TPSA) is 87.3 Å². The van der Waals surface area contributed by atoms with Crippen LogP contribution in [0, 0.1) is 0 Å². The molecule has 0 unspecified atom stereocenters. The van der Waals surface area contributed by atoms with Crippen molar-refractivity contribution in [2.75, 3.05) is 11.9 Å². The molecule has 130 valence electrons. The van der Waals surface area contributed by atoms with Crippen molar-refractivity contribution < 1.29 is 14.4 Å². The lowest BCUT2D eigenvalue weighted by Crippen LogP contribution is -2.30. The minimum absolute atomic E-state index is 0.126. The number of carbonyl (C=O) groups excluding carboxylic acids is 3. The van der Waals surface area contributed by atoms with Crippen LogP contribution in [0.15, 0.2) is 54.6 Å². The van der Waals surface area contributed by atoms with Crippen LogP contribution >= 0.6 is 0 Å². The van der Waals surface area contributed by atoms with E-state index in [0.717, 1.165) is 5.56 Å². The lowest BCUT2D eigenvalue weighted by molar-refractivity contribution is -0.121. The molecule has 2 aromatic carbocycles. The summed E-state index contributed by atoms with van der Waals surface area (Å²) >= 11 is 0. The first kappa shape index (κ1) is 18.2. The Morgan fingerprint density at radius 1 is 0.880 bits per heavy atom. The van der Waals surface area contributed by atoms with E-state index in [0.29, 0.717) is 17.8 Å². The highest BCUT2D eigenvalue weighted by molar-refractivity contribution is 5.94. The smallest absolute Gasteiger partial charge is 0.251 e. The van der Waals surface area contributed by atoms with Gasteiger partial charge in [-0.05, 0) is 29.8 Å². The number of amides is 3. The monoisotopic (exact) mass is 339 g/mol. The van der Waals surface area contributed by atoms with Crippen LogP contribution in [0.5, 0.6) is 0 Å². The number of benzene rings is 2. The minimum Gasteiger partial charge on any atom is -0.352 e. The summed E-state index contributed by atoms with van der Waals surface area (Å²) in [5, 5.41) is 8.19. The maximum absolute atomic E-state index is 11.8. The molecule has 2 rings (SSSR count). The second-order valence-corrected chi connectivity index (χ2v) is 5.53. The number of rotatable bonds is 7. The third-order valence-electron chi connectivity index (χ3n) is 3.44. The molecular formula is C19H21N3O3. The summed E-state index contributed by atoms with van der Waals surface area (Å²) < 4.78 is 0. The molecule has 6 heteroatoms. The van der Waals surface area contributed by atoms with E-state index in [4.69, 9.17) is 0 Å². The van der Waals surface area contributed by atoms with Gasteiger partial charge in [-0.3, -0.25) is 14.4 Å². The summed E-state index contributed by atoms with van der Waals surface area (Å²) in [6.45, 7) is 2.12. The van der Waals surface area contributed by atoms with Gasteiger partial charge in [-0.25, -0.2) is 0 Å². The van der Waals surface area contributed by atoms with Gasteiger partial charge in [-0.1, -0.05) is 30.3 Å². The van der Waals surface area contributed by atoms with Crippen LogP contribution in [0.1, 0.15) is 29.3 Å². The van der Waals surface area contributed by atoms with Crippen LogP contribution in [-0.4, -0.2) is 24.3 Å². The average Bonchev–Trinajstić information content (AvgIpc) is 2.61. The molecule has 0 saturated heterocycles. The second kappa shape index (κ2) is 9.22. The van der Waals surface area contributed by atoms with E-state index in [-0.39, 0.29) is 30.7 Å². The third kappa shape index (κ3) is 6.47. The SMILES string of the molecule is CC(=O)Nc1ccc(CNC(=O)CCNC(=O)c2ccccc2)cc1. The summed E-state index contributed by atoms with van der Waals surface area (Å²) in [5.41, 5.74) is 2.21. The highest BCUT2D eigenvalue weighted by Crippen LogP contribution is 2.09. The molecule has 6 nitrogen and oxygen atoms in total. The van der Waals surface area contributed by atoms with Crippen LogP contribution in [0.2, 0.25) is 0 Å². The Morgan fingerprint density at radius 3 is 2.20 bits per heavy atom. The molecule has 25 heavy (non-hydrogen) atoms. The molecule has 0 fully saturated rings. The zero-order valence-corrected chi connectivity index (χ0v) is 14.0. The molecule has 0 atom stereocenters. The van der Waals surface area contributed by atoms with E-state index in [9.17, 15) is 14.4 Å². The zero-order chi connectivity index (χ0) is 18.1. The molecule has 0 aliphatic carbocycles. The van der Waals surface area contributed by atoms with Gasteiger partial charge in [0.25, 0.3) is 5.91 Å². The number of nitrogens with one attached hydrogen (secondary N) is 3. The molecule has 0 saturated carbocycles. The quantitative estimate of drug-likeness (QED) is 0.722. The Balaban J connectivity index is 1.68. The van der Waals surface area contributed by atoms with Crippen LogP contribution in [0.3, 0.4) is 0 Å². The lowest BCUT2D eigenvalue weighted by Gasteiger charge is -2.08. The van der Waals surface area contributed by atoms with Crippen LogP contribution in [0.25, 0.3) is 0 Å². The maximum Gasteiger partial charge on any atom is 0.251 e. The van der Waals surface area contributed by atoms with Crippen molar-refractivity contribution in [2.24, 2.45) is 0 Å². The van der Waals surface area contributed by atoms with Crippen LogP contribution in [-0.2, 0) is 16.1 Å². The summed E-state index contributed by atoms with van der Waals surface area (Å²) in [5.74, 6) is -0.458. The molecule has 0 heterocycles. The molecule has 0 aromatic heterocycles.